The van der Waals surface area contributed by atoms with Crippen molar-refractivity contribution in [2.24, 2.45) is 0 Å². The number of nitrogens with zero attached hydrogens (tertiary/aromatic N) is 2. The average Bonchev–Trinajstić information content (AvgIpc) is 3.28. The summed E-state index contributed by atoms with van der Waals surface area (Å²) < 4.78 is 68.0. The van der Waals surface area contributed by atoms with E-state index in [1.165, 1.54) is 11.3 Å². The first-order valence-corrected chi connectivity index (χ1v) is 12.6. The molecular weight excluding hydrogens is 544 g/mol. The van der Waals surface area contributed by atoms with E-state index in [1.807, 2.05) is 6.07 Å². The molecule has 4 aromatic rings. The molecule has 0 aliphatic heterocycles. The van der Waals surface area contributed by atoms with Crippen molar-refractivity contribution in [1.29, 1.82) is 0 Å². The van der Waals surface area contributed by atoms with E-state index in [2.05, 4.69) is 15.6 Å². The molecule has 0 bridgehead atoms. The van der Waals surface area contributed by atoms with Gasteiger partial charge in [-0.2, -0.15) is 0 Å². The standard InChI is InChI=1S/C29H28F4N4O4/c1-17-11-23(40-14-20-21(31)9-10-22(32)24(20)33)26-35-18(2)25(37(26)12-17)27(38)34-16-29(3,15-30)36-28(39)41-13-19-7-5-4-6-8-19/h4-12H,13-16H2,1-3H3,(H,34,38)(H,36,39). The van der Waals surface area contributed by atoms with Gasteiger partial charge in [-0.1, -0.05) is 30.3 Å². The minimum Gasteiger partial charge on any atom is -0.485 e. The number of carbonyl (C=O) groups is 2. The van der Waals surface area contributed by atoms with Crippen LogP contribution in [0.3, 0.4) is 0 Å². The molecule has 216 valence electrons. The molecule has 2 aromatic carbocycles. The second kappa shape index (κ2) is 12.3. The maximum Gasteiger partial charge on any atom is 0.408 e. The number of amides is 2. The van der Waals surface area contributed by atoms with Crippen molar-refractivity contribution in [2.45, 2.75) is 39.5 Å². The Morgan fingerprint density at radius 3 is 2.44 bits per heavy atom. The van der Waals surface area contributed by atoms with Gasteiger partial charge >= 0.3 is 6.09 Å². The minimum absolute atomic E-state index is 0.00927. The van der Waals surface area contributed by atoms with Gasteiger partial charge in [0.25, 0.3) is 5.91 Å². The Morgan fingerprint density at radius 2 is 1.73 bits per heavy atom. The number of halogens is 4. The molecule has 8 nitrogen and oxygen atoms in total. The molecule has 2 amide bonds. The first-order valence-electron chi connectivity index (χ1n) is 12.6. The summed E-state index contributed by atoms with van der Waals surface area (Å²) in [6.07, 6.45) is 0.756. The van der Waals surface area contributed by atoms with Gasteiger partial charge in [0.15, 0.2) is 23.0 Å². The number of rotatable bonds is 10. The molecule has 0 radical (unpaired) electrons. The van der Waals surface area contributed by atoms with Crippen LogP contribution in [0.15, 0.2) is 54.7 Å². The van der Waals surface area contributed by atoms with Crippen molar-refractivity contribution in [3.8, 4) is 5.75 Å². The van der Waals surface area contributed by atoms with Crippen molar-refractivity contribution in [1.82, 2.24) is 20.0 Å². The largest absolute Gasteiger partial charge is 0.485 e. The zero-order chi connectivity index (χ0) is 29.7. The molecule has 0 saturated carbocycles. The molecule has 0 aliphatic rings. The number of carbonyl (C=O) groups excluding carboxylic acids is 2. The Morgan fingerprint density at radius 1 is 1.02 bits per heavy atom. The highest BCUT2D eigenvalue weighted by molar-refractivity contribution is 5.95. The lowest BCUT2D eigenvalue weighted by atomic mass is 10.1. The smallest absolute Gasteiger partial charge is 0.408 e. The number of hydrogen-bond acceptors (Lipinski definition) is 5. The molecule has 2 heterocycles. The lowest BCUT2D eigenvalue weighted by molar-refractivity contribution is 0.0916. The van der Waals surface area contributed by atoms with E-state index in [-0.39, 0.29) is 30.2 Å². The van der Waals surface area contributed by atoms with Crippen LogP contribution in [0.4, 0.5) is 22.4 Å². The van der Waals surface area contributed by atoms with Gasteiger partial charge in [-0.15, -0.1) is 0 Å². The number of aromatic nitrogens is 2. The van der Waals surface area contributed by atoms with Crippen LogP contribution < -0.4 is 15.4 Å². The van der Waals surface area contributed by atoms with Crippen molar-refractivity contribution in [3.05, 3.63) is 100 Å². The van der Waals surface area contributed by atoms with Crippen LogP contribution in [0, 0.1) is 31.3 Å². The Bertz CT molecular complexity index is 1580. The predicted molar refractivity (Wildman–Crippen MR) is 142 cm³/mol. The Labute approximate surface area is 233 Å². The highest BCUT2D eigenvalue weighted by atomic mass is 19.2. The molecular formula is C29H28F4N4O4. The summed E-state index contributed by atoms with van der Waals surface area (Å²) in [6.45, 7) is 2.79. The first-order chi connectivity index (χ1) is 19.5. The first kappa shape index (κ1) is 29.4. The molecule has 2 N–H and O–H groups in total. The van der Waals surface area contributed by atoms with Crippen LogP contribution in [0.1, 0.15) is 39.8 Å². The molecule has 0 aliphatic carbocycles. The number of benzene rings is 2. The molecule has 41 heavy (non-hydrogen) atoms. The van der Waals surface area contributed by atoms with Gasteiger partial charge in [0, 0.05) is 12.7 Å². The normalized spacial score (nSPS) is 12.6. The number of fused-ring (bicyclic) bond motifs is 1. The molecule has 1 atom stereocenters. The summed E-state index contributed by atoms with van der Waals surface area (Å²) in [7, 11) is 0. The second-order valence-corrected chi connectivity index (χ2v) is 9.80. The summed E-state index contributed by atoms with van der Waals surface area (Å²) in [5.41, 5.74) is -0.122. The fraction of sp³-hybridized carbons (Fsp3) is 0.276. The summed E-state index contributed by atoms with van der Waals surface area (Å²) in [5, 5.41) is 5.06. The van der Waals surface area contributed by atoms with Crippen LogP contribution in [-0.2, 0) is 18.0 Å². The van der Waals surface area contributed by atoms with Crippen LogP contribution in [-0.4, -0.2) is 40.1 Å². The van der Waals surface area contributed by atoms with Gasteiger partial charge in [-0.3, -0.25) is 9.20 Å². The number of alkyl carbamates (subject to hydrolysis) is 1. The lowest BCUT2D eigenvalue weighted by Gasteiger charge is -2.27. The third-order valence-electron chi connectivity index (χ3n) is 6.27. The van der Waals surface area contributed by atoms with Crippen molar-refractivity contribution >= 4 is 17.6 Å². The quantitative estimate of drug-likeness (QED) is 0.198. The van der Waals surface area contributed by atoms with Crippen LogP contribution in [0.25, 0.3) is 5.65 Å². The van der Waals surface area contributed by atoms with E-state index in [0.29, 0.717) is 17.3 Å². The van der Waals surface area contributed by atoms with Gasteiger partial charge < -0.3 is 20.1 Å². The average molecular weight is 573 g/mol. The predicted octanol–water partition coefficient (Wildman–Crippen LogP) is 5.33. The van der Waals surface area contributed by atoms with Crippen molar-refractivity contribution in [3.63, 3.8) is 0 Å². The fourth-order valence-electron chi connectivity index (χ4n) is 4.08. The Balaban J connectivity index is 1.47. The maximum atomic E-state index is 14.1. The zero-order valence-electron chi connectivity index (χ0n) is 22.6. The zero-order valence-corrected chi connectivity index (χ0v) is 22.6. The SMILES string of the molecule is Cc1cc(OCc2c(F)ccc(F)c2F)c2nc(C)c(C(=O)NCC(C)(CF)NC(=O)OCc3ccccc3)n2c1. The van der Waals surface area contributed by atoms with E-state index in [0.717, 1.165) is 11.6 Å². The topological polar surface area (TPSA) is 94.0 Å². The molecule has 1 unspecified atom stereocenters. The Kier molecular flexibility index (Phi) is 8.80. The number of aryl methyl sites for hydroxylation is 2. The van der Waals surface area contributed by atoms with Gasteiger partial charge in [-0.05, 0) is 50.1 Å². The summed E-state index contributed by atoms with van der Waals surface area (Å²) >= 11 is 0. The van der Waals surface area contributed by atoms with Crippen LogP contribution in [0.2, 0.25) is 0 Å². The number of alkyl halides is 1. The van der Waals surface area contributed by atoms with Gasteiger partial charge in [0.05, 0.1) is 16.8 Å². The monoisotopic (exact) mass is 572 g/mol. The molecule has 2 aromatic heterocycles. The van der Waals surface area contributed by atoms with E-state index in [9.17, 15) is 27.2 Å². The molecule has 0 saturated heterocycles. The summed E-state index contributed by atoms with van der Waals surface area (Å²) in [4.78, 5) is 29.9. The highest BCUT2D eigenvalue weighted by Gasteiger charge is 2.29. The number of pyridine rings is 1. The van der Waals surface area contributed by atoms with Crippen molar-refractivity contribution in [2.75, 3.05) is 13.2 Å². The van der Waals surface area contributed by atoms with E-state index in [1.54, 1.807) is 50.4 Å². The summed E-state index contributed by atoms with van der Waals surface area (Å²) in [6, 6.07) is 12.0. The van der Waals surface area contributed by atoms with Gasteiger partial charge in [0.2, 0.25) is 0 Å². The number of imidazole rings is 1. The van der Waals surface area contributed by atoms with Crippen molar-refractivity contribution < 1.29 is 36.6 Å². The highest BCUT2D eigenvalue weighted by Crippen LogP contribution is 2.26. The van der Waals surface area contributed by atoms with E-state index < -0.39 is 53.8 Å². The third kappa shape index (κ3) is 6.76. The van der Waals surface area contributed by atoms with Crippen LogP contribution >= 0.6 is 0 Å². The van der Waals surface area contributed by atoms with Crippen LogP contribution in [0.5, 0.6) is 5.75 Å². The molecule has 0 spiro atoms. The Hall–Kier alpha value is -4.61. The molecule has 12 heteroatoms. The van der Waals surface area contributed by atoms with Gasteiger partial charge in [-0.25, -0.2) is 27.3 Å². The van der Waals surface area contributed by atoms with E-state index >= 15 is 0 Å². The second-order valence-electron chi connectivity index (χ2n) is 9.80. The molecule has 0 fully saturated rings. The lowest BCUT2D eigenvalue weighted by Crippen LogP contribution is -2.55. The molecule has 4 rings (SSSR count). The maximum absolute atomic E-state index is 14.1. The number of nitrogens with one attached hydrogen (secondary N) is 2. The number of hydrogen-bond donors (Lipinski definition) is 2. The minimum atomic E-state index is -1.47. The fourth-order valence-corrected chi connectivity index (χ4v) is 4.08. The van der Waals surface area contributed by atoms with Gasteiger partial charge in [0.1, 0.15) is 31.4 Å². The van der Waals surface area contributed by atoms with E-state index in [4.69, 9.17) is 9.47 Å². The number of ether oxygens (including phenoxy) is 2. The third-order valence-corrected chi connectivity index (χ3v) is 6.27. The summed E-state index contributed by atoms with van der Waals surface area (Å²) in [5.74, 6) is -4.06.